The van der Waals surface area contributed by atoms with E-state index in [0.717, 1.165) is 5.56 Å². The highest BCUT2D eigenvalue weighted by Crippen LogP contribution is 2.10. The van der Waals surface area contributed by atoms with E-state index in [1.54, 1.807) is 18.2 Å². The first kappa shape index (κ1) is 16.8. The zero-order valence-electron chi connectivity index (χ0n) is 11.8. The second-order valence-electron chi connectivity index (χ2n) is 4.03. The lowest BCUT2D eigenvalue weighted by molar-refractivity contribution is 0.145. The van der Waals surface area contributed by atoms with Crippen molar-refractivity contribution in [3.05, 3.63) is 29.8 Å². The number of hydrogen-bond donors (Lipinski definition) is 2. The van der Waals surface area contributed by atoms with Crippen LogP contribution in [0.25, 0.3) is 0 Å². The minimum absolute atomic E-state index is 0.592. The average molecular weight is 312 g/mol. The number of anilines is 1. The average Bonchev–Trinajstić information content (AvgIpc) is 2.38. The second kappa shape index (κ2) is 7.52. The molecule has 0 fully saturated rings. The molecular formula is C13H16N2O5S. The molecule has 1 atom stereocenters. The Hall–Kier alpha value is -2.24. The predicted octanol–water partition coefficient (Wildman–Crippen LogP) is 1.37. The van der Waals surface area contributed by atoms with Crippen molar-refractivity contribution in [2.45, 2.75) is 20.0 Å². The maximum atomic E-state index is 11.6. The molecular weight excluding hydrogens is 296 g/mol. The van der Waals surface area contributed by atoms with Crippen molar-refractivity contribution in [2.24, 2.45) is 0 Å². The summed E-state index contributed by atoms with van der Waals surface area (Å²) >= 11 is 0. The van der Waals surface area contributed by atoms with Crippen LogP contribution in [0.2, 0.25) is 0 Å². The summed E-state index contributed by atoms with van der Waals surface area (Å²) in [5, 5.41) is 2.53. The number of rotatable bonds is 4. The third-order valence-corrected chi connectivity index (χ3v) is 3.01. The SMILES string of the molecule is CNS(=O)(=O)OC#CC(C)OC(=O)Nc1cccc(C)c1. The van der Waals surface area contributed by atoms with Gasteiger partial charge in [-0.1, -0.05) is 12.1 Å². The zero-order valence-corrected chi connectivity index (χ0v) is 12.7. The molecule has 1 aromatic carbocycles. The van der Waals surface area contributed by atoms with E-state index >= 15 is 0 Å². The first-order valence-electron chi connectivity index (χ1n) is 5.99. The Morgan fingerprint density at radius 2 is 2.10 bits per heavy atom. The van der Waals surface area contributed by atoms with Gasteiger partial charge in [0.15, 0.2) is 6.10 Å². The number of amides is 1. The molecule has 0 aliphatic carbocycles. The van der Waals surface area contributed by atoms with Gasteiger partial charge in [0.05, 0.1) is 0 Å². The van der Waals surface area contributed by atoms with Crippen molar-refractivity contribution in [1.82, 2.24) is 4.72 Å². The molecule has 0 saturated heterocycles. The van der Waals surface area contributed by atoms with E-state index in [9.17, 15) is 13.2 Å². The van der Waals surface area contributed by atoms with Crippen molar-refractivity contribution in [1.29, 1.82) is 0 Å². The molecule has 0 spiro atoms. The van der Waals surface area contributed by atoms with E-state index in [1.807, 2.05) is 23.8 Å². The topological polar surface area (TPSA) is 93.7 Å². The van der Waals surface area contributed by atoms with E-state index in [4.69, 9.17) is 4.74 Å². The van der Waals surface area contributed by atoms with Gasteiger partial charge >= 0.3 is 16.4 Å². The third-order valence-electron chi connectivity index (χ3n) is 2.21. The van der Waals surface area contributed by atoms with Gasteiger partial charge in [-0.25, -0.2) is 4.79 Å². The lowest BCUT2D eigenvalue weighted by atomic mass is 10.2. The zero-order chi connectivity index (χ0) is 15.9. The van der Waals surface area contributed by atoms with Gasteiger partial charge in [0, 0.05) is 12.7 Å². The van der Waals surface area contributed by atoms with Crippen LogP contribution < -0.4 is 10.0 Å². The predicted molar refractivity (Wildman–Crippen MR) is 77.6 cm³/mol. The smallest absolute Gasteiger partial charge is 0.412 e. The highest BCUT2D eigenvalue weighted by molar-refractivity contribution is 7.84. The van der Waals surface area contributed by atoms with Crippen LogP contribution in [0.3, 0.4) is 0 Å². The fourth-order valence-electron chi connectivity index (χ4n) is 1.26. The molecule has 0 bridgehead atoms. The Labute approximate surface area is 123 Å². The van der Waals surface area contributed by atoms with Gasteiger partial charge in [0.2, 0.25) is 0 Å². The van der Waals surface area contributed by atoms with E-state index in [2.05, 4.69) is 15.4 Å². The maximum absolute atomic E-state index is 11.6. The summed E-state index contributed by atoms with van der Waals surface area (Å²) in [5.41, 5.74) is 1.58. The molecule has 1 rings (SSSR count). The summed E-state index contributed by atoms with van der Waals surface area (Å²) in [6.07, 6.45) is 0.422. The summed E-state index contributed by atoms with van der Waals surface area (Å²) in [6.45, 7) is 3.38. The van der Waals surface area contributed by atoms with Crippen LogP contribution >= 0.6 is 0 Å². The van der Waals surface area contributed by atoms with Crippen LogP contribution in [-0.2, 0) is 19.2 Å². The van der Waals surface area contributed by atoms with Crippen LogP contribution in [0.15, 0.2) is 24.3 Å². The highest BCUT2D eigenvalue weighted by atomic mass is 32.2. The van der Waals surface area contributed by atoms with Crippen LogP contribution in [0.1, 0.15) is 12.5 Å². The lowest BCUT2D eigenvalue weighted by Gasteiger charge is -2.09. The molecule has 1 aromatic rings. The van der Waals surface area contributed by atoms with E-state index < -0.39 is 22.5 Å². The number of carbonyl (C=O) groups excluding carboxylic acids is 1. The van der Waals surface area contributed by atoms with Crippen LogP contribution in [0.5, 0.6) is 0 Å². The van der Waals surface area contributed by atoms with Crippen molar-refractivity contribution < 1.29 is 22.1 Å². The van der Waals surface area contributed by atoms with Gasteiger partial charge in [-0.2, -0.15) is 13.1 Å². The van der Waals surface area contributed by atoms with E-state index in [-0.39, 0.29) is 0 Å². The van der Waals surface area contributed by atoms with E-state index in [0.29, 0.717) is 5.69 Å². The van der Waals surface area contributed by atoms with Crippen molar-refractivity contribution in [2.75, 3.05) is 12.4 Å². The summed E-state index contributed by atoms with van der Waals surface area (Å²) < 4.78 is 32.9. The summed E-state index contributed by atoms with van der Waals surface area (Å²) in [7, 11) is -2.69. The molecule has 21 heavy (non-hydrogen) atoms. The minimum atomic E-state index is -3.88. The fourth-order valence-corrected chi connectivity index (χ4v) is 1.50. The standard InChI is InChI=1S/C13H16N2O5S/c1-10-5-4-6-12(9-10)15-13(16)20-11(2)7-8-19-21(17,18)14-3/h4-6,9,11,14H,1-3H3,(H,15,16). The van der Waals surface area contributed by atoms with Gasteiger partial charge in [-0.05, 0) is 37.5 Å². The molecule has 0 heterocycles. The largest absolute Gasteiger partial charge is 0.433 e. The van der Waals surface area contributed by atoms with Crippen molar-refractivity contribution >= 4 is 22.1 Å². The first-order valence-corrected chi connectivity index (χ1v) is 7.40. The van der Waals surface area contributed by atoms with Crippen LogP contribution in [0, 0.1) is 19.0 Å². The molecule has 8 heteroatoms. The molecule has 7 nitrogen and oxygen atoms in total. The van der Waals surface area contributed by atoms with Gasteiger partial charge in [0.1, 0.15) is 6.11 Å². The Morgan fingerprint density at radius 3 is 2.71 bits per heavy atom. The molecule has 0 aliphatic rings. The number of aryl methyl sites for hydroxylation is 1. The molecule has 0 aromatic heterocycles. The van der Waals surface area contributed by atoms with Gasteiger partial charge in [-0.15, -0.1) is 0 Å². The van der Waals surface area contributed by atoms with Gasteiger partial charge in [0.25, 0.3) is 0 Å². The molecule has 114 valence electrons. The molecule has 0 aliphatic heterocycles. The number of carbonyl (C=O) groups is 1. The van der Waals surface area contributed by atoms with Gasteiger partial charge in [-0.3, -0.25) is 5.32 Å². The molecule has 0 saturated carbocycles. The molecule has 2 N–H and O–H groups in total. The Kier molecular flexibility index (Phi) is 6.02. The maximum Gasteiger partial charge on any atom is 0.412 e. The minimum Gasteiger partial charge on any atom is -0.433 e. The lowest BCUT2D eigenvalue weighted by Crippen LogP contribution is -2.20. The molecule has 0 radical (unpaired) electrons. The summed E-state index contributed by atoms with van der Waals surface area (Å²) in [4.78, 5) is 11.6. The number of nitrogens with one attached hydrogen (secondary N) is 2. The van der Waals surface area contributed by atoms with E-state index in [1.165, 1.54) is 14.0 Å². The number of ether oxygens (including phenoxy) is 1. The van der Waals surface area contributed by atoms with Crippen molar-refractivity contribution in [3.8, 4) is 12.0 Å². The Morgan fingerprint density at radius 1 is 1.38 bits per heavy atom. The Balaban J connectivity index is 2.50. The molecule has 1 amide bonds. The highest BCUT2D eigenvalue weighted by Gasteiger charge is 2.08. The third kappa shape index (κ3) is 6.65. The number of hydrogen-bond acceptors (Lipinski definition) is 5. The Bertz CT molecular complexity index is 661. The monoisotopic (exact) mass is 312 g/mol. The quantitative estimate of drug-likeness (QED) is 0.819. The first-order chi connectivity index (χ1) is 9.82. The summed E-state index contributed by atoms with van der Waals surface area (Å²) in [5.74, 6) is 2.33. The normalized spacial score (nSPS) is 11.8. The second-order valence-corrected chi connectivity index (χ2v) is 5.51. The van der Waals surface area contributed by atoms with Crippen LogP contribution in [0.4, 0.5) is 10.5 Å². The molecule has 1 unspecified atom stereocenters. The van der Waals surface area contributed by atoms with Gasteiger partial charge < -0.3 is 8.92 Å². The number of benzene rings is 1. The van der Waals surface area contributed by atoms with Crippen molar-refractivity contribution in [3.63, 3.8) is 0 Å². The fraction of sp³-hybridized carbons (Fsp3) is 0.308. The summed E-state index contributed by atoms with van der Waals surface area (Å²) in [6, 6.07) is 7.18. The van der Waals surface area contributed by atoms with Crippen LogP contribution in [-0.4, -0.2) is 27.7 Å².